The van der Waals surface area contributed by atoms with E-state index in [0.717, 1.165) is 5.69 Å². The molecule has 17 rings (SSSR count). The fraction of sp³-hybridized carbons (Fsp3) is 0.0857. The summed E-state index contributed by atoms with van der Waals surface area (Å²) in [5.74, 6) is 0. The second-order valence-electron chi connectivity index (χ2n) is 22.2. The summed E-state index contributed by atoms with van der Waals surface area (Å²) in [6, 6.07) is 88.5. The summed E-state index contributed by atoms with van der Waals surface area (Å²) in [5.41, 5.74) is 30.6. The lowest BCUT2D eigenvalue weighted by Gasteiger charge is -2.44. The number of nitrogens with zero attached hydrogens (tertiary/aromatic N) is 2. The lowest BCUT2D eigenvalue weighted by atomic mass is 9.36. The van der Waals surface area contributed by atoms with Crippen LogP contribution in [-0.2, 0) is 16.2 Å². The summed E-state index contributed by atoms with van der Waals surface area (Å²) in [6.45, 7) is 7.02. The summed E-state index contributed by atoms with van der Waals surface area (Å²) in [6.07, 6.45) is 0. The molecule has 3 heterocycles. The number of para-hydroxylation sites is 2. The van der Waals surface area contributed by atoms with E-state index >= 15 is 0 Å². The number of rotatable bonds is 2. The summed E-state index contributed by atoms with van der Waals surface area (Å²) in [7, 11) is 0. The van der Waals surface area contributed by atoms with Crippen molar-refractivity contribution in [1.29, 1.82) is 0 Å². The molecule has 6 aliphatic rings. The van der Waals surface area contributed by atoms with Crippen LogP contribution >= 0.6 is 11.3 Å². The fourth-order valence-corrected chi connectivity index (χ4v) is 16.6. The molecule has 1 aromatic heterocycles. The molecule has 0 amide bonds. The minimum atomic E-state index is -0.501. The third kappa shape index (κ3) is 4.80. The molecule has 0 fully saturated rings. The maximum absolute atomic E-state index is 2.65. The van der Waals surface area contributed by atoms with Crippen LogP contribution in [0.15, 0.2) is 231 Å². The van der Waals surface area contributed by atoms with E-state index in [1.165, 1.54) is 138 Å². The molecule has 0 bridgehead atoms. The van der Waals surface area contributed by atoms with Crippen molar-refractivity contribution >= 4 is 67.9 Å². The zero-order chi connectivity index (χ0) is 48.8. The maximum Gasteiger partial charge on any atom is 0.264 e. The first-order valence-electron chi connectivity index (χ1n) is 26.2. The van der Waals surface area contributed by atoms with Gasteiger partial charge in [0.25, 0.3) is 6.71 Å². The smallest absolute Gasteiger partial charge is 0.264 e. The van der Waals surface area contributed by atoms with Gasteiger partial charge in [-0.15, -0.1) is 11.3 Å². The lowest BCUT2D eigenvalue weighted by molar-refractivity contribution is 0.588. The van der Waals surface area contributed by atoms with E-state index in [1.807, 2.05) is 0 Å². The summed E-state index contributed by atoms with van der Waals surface area (Å²) >= 11 is 2.07. The quantitative estimate of drug-likeness (QED) is 0.159. The molecule has 10 aromatic carbocycles. The van der Waals surface area contributed by atoms with Crippen molar-refractivity contribution in [3.8, 4) is 44.5 Å². The molecular formula is C70H47BN2S. The van der Waals surface area contributed by atoms with E-state index in [1.54, 1.807) is 0 Å². The van der Waals surface area contributed by atoms with Gasteiger partial charge in [-0.25, -0.2) is 0 Å². The summed E-state index contributed by atoms with van der Waals surface area (Å²) in [5, 5.41) is 0. The molecule has 4 heteroatoms. The minimum absolute atomic E-state index is 0.0364. The highest BCUT2D eigenvalue weighted by molar-refractivity contribution is 7.30. The third-order valence-electron chi connectivity index (χ3n) is 17.8. The zero-order valence-corrected chi connectivity index (χ0v) is 42.1. The van der Waals surface area contributed by atoms with E-state index < -0.39 is 10.8 Å². The van der Waals surface area contributed by atoms with Gasteiger partial charge in [0.2, 0.25) is 0 Å². The van der Waals surface area contributed by atoms with Crippen LogP contribution in [0.3, 0.4) is 0 Å². The first kappa shape index (κ1) is 41.1. The number of thiophene rings is 1. The van der Waals surface area contributed by atoms with Gasteiger partial charge in [0, 0.05) is 43.7 Å². The highest BCUT2D eigenvalue weighted by Gasteiger charge is 2.58. The topological polar surface area (TPSA) is 6.48 Å². The van der Waals surface area contributed by atoms with Crippen LogP contribution in [0.1, 0.15) is 70.2 Å². The van der Waals surface area contributed by atoms with Crippen molar-refractivity contribution in [1.82, 2.24) is 0 Å². The lowest BCUT2D eigenvalue weighted by Crippen LogP contribution is -2.60. The molecule has 346 valence electrons. The van der Waals surface area contributed by atoms with Gasteiger partial charge in [-0.05, 0) is 142 Å². The average Bonchev–Trinajstić information content (AvgIpc) is 4.38. The Kier molecular flexibility index (Phi) is 7.88. The second-order valence-corrected chi connectivity index (χ2v) is 23.3. The molecule has 0 unspecified atom stereocenters. The first-order valence-corrected chi connectivity index (χ1v) is 27.0. The summed E-state index contributed by atoms with van der Waals surface area (Å²) < 4.78 is 1.40. The molecule has 11 aromatic rings. The molecule has 0 saturated heterocycles. The molecule has 0 radical (unpaired) electrons. The van der Waals surface area contributed by atoms with Crippen molar-refractivity contribution in [3.63, 3.8) is 0 Å². The van der Waals surface area contributed by atoms with Crippen LogP contribution in [0.5, 0.6) is 0 Å². The summed E-state index contributed by atoms with van der Waals surface area (Å²) in [4.78, 5) is 6.66. The van der Waals surface area contributed by atoms with Crippen LogP contribution in [0.4, 0.5) is 34.1 Å². The Morgan fingerprint density at radius 2 is 0.838 bits per heavy atom. The van der Waals surface area contributed by atoms with Gasteiger partial charge in [0.15, 0.2) is 0 Å². The Balaban J connectivity index is 1.02. The standard InChI is InChI=1S/C70H47BN2S/c1-68(2,3)42-37-38-50-57(39-42)70(55-33-18-12-27-47(55)48-28-13-19-34-56(48)70)66-63(50)65-67(74-66)71-59-40-51-49-29-14-17-32-54(49)69(52-30-15-10-25-45(52)46-26-11-16-31-53(46)69)58(51)41-62(59)72(43-21-6-4-7-22-43)60-35-20-36-61(64(60)71)73(65)44-23-8-5-9-24-44/h4-41H,1-3H3. The molecule has 2 nitrogen and oxygen atoms in total. The van der Waals surface area contributed by atoms with E-state index in [0.29, 0.717) is 0 Å². The van der Waals surface area contributed by atoms with Crippen LogP contribution in [0.25, 0.3) is 44.5 Å². The van der Waals surface area contributed by atoms with Crippen LogP contribution in [0, 0.1) is 0 Å². The van der Waals surface area contributed by atoms with E-state index in [9.17, 15) is 0 Å². The molecule has 0 saturated carbocycles. The normalized spacial score (nSPS) is 15.4. The van der Waals surface area contributed by atoms with Crippen LogP contribution in [-0.4, -0.2) is 6.71 Å². The first-order chi connectivity index (χ1) is 36.4. The number of benzene rings is 10. The predicted molar refractivity (Wildman–Crippen MR) is 310 cm³/mol. The number of hydrogen-bond donors (Lipinski definition) is 0. The van der Waals surface area contributed by atoms with E-state index in [4.69, 9.17) is 0 Å². The third-order valence-corrected chi connectivity index (χ3v) is 19.2. The highest BCUT2D eigenvalue weighted by atomic mass is 32.1. The Bertz CT molecular complexity index is 4180. The van der Waals surface area contributed by atoms with Gasteiger partial charge in [-0.3, -0.25) is 0 Å². The Morgan fingerprint density at radius 1 is 0.378 bits per heavy atom. The zero-order valence-electron chi connectivity index (χ0n) is 41.3. The van der Waals surface area contributed by atoms with Crippen molar-refractivity contribution in [2.75, 3.05) is 9.80 Å². The van der Waals surface area contributed by atoms with Crippen molar-refractivity contribution in [3.05, 3.63) is 280 Å². The monoisotopic (exact) mass is 958 g/mol. The Labute approximate surface area is 436 Å². The van der Waals surface area contributed by atoms with Crippen LogP contribution in [0.2, 0.25) is 0 Å². The fourth-order valence-electron chi connectivity index (χ4n) is 15.0. The van der Waals surface area contributed by atoms with E-state index in [-0.39, 0.29) is 12.1 Å². The number of fused-ring (bicyclic) bond motifs is 25. The minimum Gasteiger partial charge on any atom is -0.311 e. The molecule has 74 heavy (non-hydrogen) atoms. The van der Waals surface area contributed by atoms with Gasteiger partial charge < -0.3 is 9.80 Å². The van der Waals surface area contributed by atoms with Crippen molar-refractivity contribution < 1.29 is 0 Å². The molecular weight excluding hydrogens is 912 g/mol. The molecule has 0 N–H and O–H groups in total. The van der Waals surface area contributed by atoms with Gasteiger partial charge in [-0.1, -0.05) is 209 Å². The predicted octanol–water partition coefficient (Wildman–Crippen LogP) is 15.8. The maximum atomic E-state index is 2.65. The SMILES string of the molecule is CC(C)(C)c1ccc2c(c1)C1(c3ccccc3-c3ccccc31)c1sc3c(c1-2)N(c1ccccc1)c1cccc2c1B3c1cc3c(cc1N2c1ccccc1)C1(c2ccccc2-c2ccccc21)c1ccccc1-3. The van der Waals surface area contributed by atoms with Crippen LogP contribution < -0.4 is 25.5 Å². The van der Waals surface area contributed by atoms with Crippen molar-refractivity contribution in [2.45, 2.75) is 37.0 Å². The van der Waals surface area contributed by atoms with Gasteiger partial charge in [-0.2, -0.15) is 0 Å². The van der Waals surface area contributed by atoms with Gasteiger partial charge in [0.1, 0.15) is 0 Å². The highest BCUT2D eigenvalue weighted by Crippen LogP contribution is 2.68. The van der Waals surface area contributed by atoms with E-state index in [2.05, 4.69) is 272 Å². The van der Waals surface area contributed by atoms with Crippen molar-refractivity contribution in [2.24, 2.45) is 0 Å². The number of anilines is 6. The molecule has 4 aliphatic carbocycles. The number of hydrogen-bond acceptors (Lipinski definition) is 3. The second kappa shape index (κ2) is 14.2. The average molecular weight is 959 g/mol. The van der Waals surface area contributed by atoms with Gasteiger partial charge >= 0.3 is 0 Å². The largest absolute Gasteiger partial charge is 0.311 e. The van der Waals surface area contributed by atoms with Gasteiger partial charge in [0.05, 0.1) is 16.5 Å². The Hall–Kier alpha value is -8.44. The molecule has 2 spiro atoms. The Morgan fingerprint density at radius 3 is 1.38 bits per heavy atom. The molecule has 0 atom stereocenters. The molecule has 2 aliphatic heterocycles.